The smallest absolute Gasteiger partial charge is 0.258 e. The highest BCUT2D eigenvalue weighted by molar-refractivity contribution is 7.89. The molecule has 0 saturated heterocycles. The van der Waals surface area contributed by atoms with Gasteiger partial charge >= 0.3 is 0 Å². The number of aromatic nitrogens is 4. The molecule has 1 saturated carbocycles. The van der Waals surface area contributed by atoms with E-state index < -0.39 is 16.1 Å². The van der Waals surface area contributed by atoms with Crippen molar-refractivity contribution in [3.8, 4) is 0 Å². The van der Waals surface area contributed by atoms with Crippen LogP contribution >= 0.6 is 0 Å². The number of hydrogen-bond acceptors (Lipinski definition) is 5. The van der Waals surface area contributed by atoms with Gasteiger partial charge in [-0.2, -0.15) is 10.2 Å². The summed E-state index contributed by atoms with van der Waals surface area (Å²) in [5, 5.41) is 18.1. The van der Waals surface area contributed by atoms with Crippen molar-refractivity contribution in [2.75, 3.05) is 0 Å². The quantitative estimate of drug-likeness (QED) is 0.797. The lowest BCUT2D eigenvalue weighted by molar-refractivity contribution is 0.0280. The highest BCUT2D eigenvalue weighted by Crippen LogP contribution is 2.38. The van der Waals surface area contributed by atoms with E-state index in [1.165, 1.54) is 4.68 Å². The van der Waals surface area contributed by atoms with Crippen LogP contribution in [0.4, 0.5) is 0 Å². The van der Waals surface area contributed by atoms with E-state index in [1.54, 1.807) is 37.1 Å². The fraction of sp³-hybridized carbons (Fsp3) is 0.600. The van der Waals surface area contributed by atoms with E-state index in [4.69, 9.17) is 0 Å². The molecule has 0 radical (unpaired) electrons. The third kappa shape index (κ3) is 3.24. The summed E-state index contributed by atoms with van der Waals surface area (Å²) in [4.78, 5) is 0. The van der Waals surface area contributed by atoms with Gasteiger partial charge in [-0.05, 0) is 38.7 Å². The van der Waals surface area contributed by atoms with Crippen LogP contribution in [0.2, 0.25) is 0 Å². The number of hydrogen-bond donors (Lipinski definition) is 2. The Hall–Kier alpha value is -1.71. The molecular weight excluding hydrogens is 330 g/mol. The predicted octanol–water partition coefficient (Wildman–Crippen LogP) is 0.735. The highest BCUT2D eigenvalue weighted by atomic mass is 32.2. The molecule has 0 aromatic carbocycles. The molecule has 132 valence electrons. The Morgan fingerprint density at radius 3 is 2.71 bits per heavy atom. The number of nitrogens with zero attached hydrogens (tertiary/aromatic N) is 4. The molecule has 8 nitrogen and oxygen atoms in total. The molecule has 2 aromatic heterocycles. The van der Waals surface area contributed by atoms with Crippen molar-refractivity contribution in [3.63, 3.8) is 0 Å². The van der Waals surface area contributed by atoms with E-state index in [9.17, 15) is 13.5 Å². The van der Waals surface area contributed by atoms with Crippen LogP contribution in [0.15, 0.2) is 23.5 Å². The summed E-state index contributed by atoms with van der Waals surface area (Å²) in [6.07, 6.45) is 4.27. The zero-order valence-electron chi connectivity index (χ0n) is 14.0. The first-order valence-electron chi connectivity index (χ1n) is 8.03. The Kier molecular flexibility index (Phi) is 4.50. The van der Waals surface area contributed by atoms with Crippen molar-refractivity contribution in [1.29, 1.82) is 0 Å². The number of aliphatic hydroxyl groups is 1. The Bertz CT molecular complexity index is 820. The van der Waals surface area contributed by atoms with Crippen LogP contribution in [0.1, 0.15) is 37.1 Å². The Balaban J connectivity index is 1.91. The lowest BCUT2D eigenvalue weighted by atomic mass is 9.76. The summed E-state index contributed by atoms with van der Waals surface area (Å²) in [7, 11) is -1.94. The molecule has 0 aliphatic heterocycles. The molecular formula is C15H23N5O3S. The standard InChI is InChI=1S/C15H23N5O3S/c1-4-20-14(5-10(2)17-20)24(22,23)18-15(11-6-13(21)7-11)12-8-16-19(3)9-12/h5,8-9,11,13,15,18,21H,4,6-7H2,1-3H3. The van der Waals surface area contributed by atoms with Crippen molar-refractivity contribution in [1.82, 2.24) is 24.3 Å². The molecule has 1 atom stereocenters. The fourth-order valence-electron chi connectivity index (χ4n) is 3.13. The fourth-order valence-corrected chi connectivity index (χ4v) is 4.69. The van der Waals surface area contributed by atoms with Crippen LogP contribution in [0.25, 0.3) is 0 Å². The van der Waals surface area contributed by atoms with Gasteiger partial charge in [0.15, 0.2) is 5.03 Å². The maximum Gasteiger partial charge on any atom is 0.258 e. The summed E-state index contributed by atoms with van der Waals surface area (Å²) < 4.78 is 31.7. The van der Waals surface area contributed by atoms with Crippen molar-refractivity contribution >= 4 is 10.0 Å². The van der Waals surface area contributed by atoms with E-state index in [-0.39, 0.29) is 17.0 Å². The molecule has 9 heteroatoms. The van der Waals surface area contributed by atoms with Crippen LogP contribution < -0.4 is 4.72 Å². The van der Waals surface area contributed by atoms with Gasteiger partial charge in [0, 0.05) is 25.4 Å². The molecule has 24 heavy (non-hydrogen) atoms. The third-order valence-electron chi connectivity index (χ3n) is 4.43. The van der Waals surface area contributed by atoms with E-state index in [0.717, 1.165) is 5.56 Å². The molecule has 3 rings (SSSR count). The maximum absolute atomic E-state index is 12.9. The number of sulfonamides is 1. The molecule has 0 spiro atoms. The van der Waals surface area contributed by atoms with Gasteiger partial charge in [0.05, 0.1) is 24.0 Å². The van der Waals surface area contributed by atoms with Gasteiger partial charge in [0.25, 0.3) is 10.0 Å². The van der Waals surface area contributed by atoms with Gasteiger partial charge in [0.2, 0.25) is 0 Å². The summed E-state index contributed by atoms with van der Waals surface area (Å²) >= 11 is 0. The molecule has 1 aliphatic carbocycles. The molecule has 2 heterocycles. The van der Waals surface area contributed by atoms with E-state index in [2.05, 4.69) is 14.9 Å². The Morgan fingerprint density at radius 1 is 1.46 bits per heavy atom. The van der Waals surface area contributed by atoms with Gasteiger partial charge in [-0.3, -0.25) is 9.36 Å². The van der Waals surface area contributed by atoms with Crippen LogP contribution in [0.3, 0.4) is 0 Å². The molecule has 2 N–H and O–H groups in total. The summed E-state index contributed by atoms with van der Waals surface area (Å²) in [5.41, 5.74) is 1.46. The molecule has 1 fully saturated rings. The van der Waals surface area contributed by atoms with Crippen LogP contribution in [-0.4, -0.2) is 39.2 Å². The number of aryl methyl sites for hydroxylation is 3. The molecule has 2 aromatic rings. The SMILES string of the molecule is CCn1nc(C)cc1S(=O)(=O)NC(c1cnn(C)c1)C1CC(O)C1. The first-order valence-corrected chi connectivity index (χ1v) is 9.52. The lowest BCUT2D eigenvalue weighted by Gasteiger charge is -2.37. The average molecular weight is 353 g/mol. The van der Waals surface area contributed by atoms with Crippen molar-refractivity contribution in [3.05, 3.63) is 29.7 Å². The minimum absolute atomic E-state index is 0.0538. The monoisotopic (exact) mass is 353 g/mol. The van der Waals surface area contributed by atoms with Crippen LogP contribution in [0.5, 0.6) is 0 Å². The zero-order valence-corrected chi connectivity index (χ0v) is 14.9. The molecule has 1 unspecified atom stereocenters. The van der Waals surface area contributed by atoms with Gasteiger partial charge in [-0.15, -0.1) is 0 Å². The molecule has 1 aliphatic rings. The van der Waals surface area contributed by atoms with Gasteiger partial charge in [0.1, 0.15) is 0 Å². The first-order chi connectivity index (χ1) is 11.3. The topological polar surface area (TPSA) is 102 Å². The second kappa shape index (κ2) is 6.30. The molecule has 0 bridgehead atoms. The second-order valence-electron chi connectivity index (χ2n) is 6.37. The van der Waals surface area contributed by atoms with E-state index in [1.807, 2.05) is 6.92 Å². The number of nitrogens with one attached hydrogen (secondary N) is 1. The first kappa shape index (κ1) is 17.1. The molecule has 0 amide bonds. The Labute approximate surface area is 141 Å². The second-order valence-corrected chi connectivity index (χ2v) is 8.03. The van der Waals surface area contributed by atoms with Crippen molar-refractivity contribution < 1.29 is 13.5 Å². The lowest BCUT2D eigenvalue weighted by Crippen LogP contribution is -2.41. The number of rotatable bonds is 6. The van der Waals surface area contributed by atoms with Crippen LogP contribution in [0, 0.1) is 12.8 Å². The Morgan fingerprint density at radius 2 is 2.17 bits per heavy atom. The minimum Gasteiger partial charge on any atom is -0.393 e. The highest BCUT2D eigenvalue weighted by Gasteiger charge is 2.38. The summed E-state index contributed by atoms with van der Waals surface area (Å²) in [5.74, 6) is 0.0538. The van der Waals surface area contributed by atoms with Crippen LogP contribution in [-0.2, 0) is 23.6 Å². The van der Waals surface area contributed by atoms with E-state index in [0.29, 0.717) is 25.1 Å². The normalized spacial score (nSPS) is 22.3. The number of aliphatic hydroxyl groups excluding tert-OH is 1. The largest absolute Gasteiger partial charge is 0.393 e. The van der Waals surface area contributed by atoms with Gasteiger partial charge in [-0.25, -0.2) is 13.1 Å². The van der Waals surface area contributed by atoms with Gasteiger partial charge in [-0.1, -0.05) is 0 Å². The summed E-state index contributed by atoms with van der Waals surface area (Å²) in [6.45, 7) is 4.10. The van der Waals surface area contributed by atoms with Crippen molar-refractivity contribution in [2.24, 2.45) is 13.0 Å². The minimum atomic E-state index is -3.73. The zero-order chi connectivity index (χ0) is 17.5. The third-order valence-corrected chi connectivity index (χ3v) is 5.87. The van der Waals surface area contributed by atoms with Gasteiger partial charge < -0.3 is 5.11 Å². The van der Waals surface area contributed by atoms with Crippen molar-refractivity contribution in [2.45, 2.75) is 50.4 Å². The predicted molar refractivity (Wildman–Crippen MR) is 87.6 cm³/mol. The maximum atomic E-state index is 12.9. The van der Waals surface area contributed by atoms with E-state index >= 15 is 0 Å². The summed E-state index contributed by atoms with van der Waals surface area (Å²) in [6, 6.07) is 1.16. The average Bonchev–Trinajstić information content (AvgIpc) is 3.08.